The van der Waals surface area contributed by atoms with E-state index in [1.165, 1.54) is 18.2 Å². The predicted molar refractivity (Wildman–Crippen MR) is 83.5 cm³/mol. The van der Waals surface area contributed by atoms with Crippen LogP contribution in [-0.4, -0.2) is 20.1 Å². The molecule has 0 aliphatic rings. The zero-order valence-electron chi connectivity index (χ0n) is 11.0. The summed E-state index contributed by atoms with van der Waals surface area (Å²) in [7, 11) is -3.87. The van der Waals surface area contributed by atoms with Crippen LogP contribution in [-0.2, 0) is 14.6 Å². The lowest BCUT2D eigenvalue weighted by Gasteiger charge is -2.08. The average Bonchev–Trinajstić information content (AvgIpc) is 2.42. The molecule has 8 heteroatoms. The minimum Gasteiger partial charge on any atom is -0.324 e. The van der Waals surface area contributed by atoms with Crippen LogP contribution in [0.2, 0.25) is 10.0 Å². The van der Waals surface area contributed by atoms with Crippen molar-refractivity contribution < 1.29 is 17.6 Å². The molecule has 2 aromatic carbocycles. The molecule has 2 aromatic rings. The number of nitrogens with one attached hydrogen (secondary N) is 1. The lowest BCUT2D eigenvalue weighted by Crippen LogP contribution is -2.23. The van der Waals surface area contributed by atoms with Crippen LogP contribution in [0.5, 0.6) is 0 Å². The molecule has 0 bridgehead atoms. The summed E-state index contributed by atoms with van der Waals surface area (Å²) in [6, 6.07) is 8.64. The van der Waals surface area contributed by atoms with Crippen molar-refractivity contribution in [2.75, 3.05) is 11.1 Å². The Labute approximate surface area is 136 Å². The van der Waals surface area contributed by atoms with Crippen molar-refractivity contribution in [3.05, 3.63) is 58.3 Å². The smallest absolute Gasteiger partial charge is 0.240 e. The van der Waals surface area contributed by atoms with Gasteiger partial charge in [0.15, 0.2) is 9.84 Å². The summed E-state index contributed by atoms with van der Waals surface area (Å²) in [4.78, 5) is 11.7. The fraction of sp³-hybridized carbons (Fsp3) is 0.0714. The van der Waals surface area contributed by atoms with Gasteiger partial charge in [-0.2, -0.15) is 0 Å². The number of anilines is 1. The van der Waals surface area contributed by atoms with Crippen LogP contribution < -0.4 is 5.32 Å². The number of carbonyl (C=O) groups excluding carboxylic acids is 1. The molecule has 0 fully saturated rings. The number of amides is 1. The summed E-state index contributed by atoms with van der Waals surface area (Å²) < 4.78 is 36.9. The monoisotopic (exact) mass is 361 g/mol. The van der Waals surface area contributed by atoms with Gasteiger partial charge < -0.3 is 5.32 Å². The van der Waals surface area contributed by atoms with Gasteiger partial charge in [0, 0.05) is 5.02 Å². The van der Waals surface area contributed by atoms with Gasteiger partial charge >= 0.3 is 0 Å². The highest BCUT2D eigenvalue weighted by Gasteiger charge is 2.20. The van der Waals surface area contributed by atoms with E-state index in [0.29, 0.717) is 5.02 Å². The van der Waals surface area contributed by atoms with E-state index in [9.17, 15) is 17.6 Å². The molecule has 0 radical (unpaired) electrons. The van der Waals surface area contributed by atoms with E-state index < -0.39 is 27.3 Å². The number of halogens is 3. The normalized spacial score (nSPS) is 11.2. The Morgan fingerprint density at radius 3 is 2.32 bits per heavy atom. The lowest BCUT2D eigenvalue weighted by atomic mass is 10.3. The molecule has 0 heterocycles. The Balaban J connectivity index is 2.12. The van der Waals surface area contributed by atoms with Crippen LogP contribution in [0.4, 0.5) is 10.1 Å². The SMILES string of the molecule is O=C(CS(=O)(=O)c1ccc(F)cc1)Nc1ccc(Cl)cc1Cl. The molecule has 0 atom stereocenters. The number of sulfone groups is 1. The topological polar surface area (TPSA) is 63.2 Å². The van der Waals surface area contributed by atoms with Crippen molar-refractivity contribution in [1.82, 2.24) is 0 Å². The molecule has 2 rings (SSSR count). The Kier molecular flexibility index (Phi) is 5.05. The molecule has 116 valence electrons. The summed E-state index contributed by atoms with van der Waals surface area (Å²) in [5.41, 5.74) is 0.255. The molecular formula is C14H10Cl2FNO3S. The molecule has 0 aliphatic carbocycles. The number of benzene rings is 2. The summed E-state index contributed by atoms with van der Waals surface area (Å²) in [5, 5.41) is 2.98. The predicted octanol–water partition coefficient (Wildman–Crippen LogP) is 3.54. The fourth-order valence-electron chi connectivity index (χ4n) is 1.67. The van der Waals surface area contributed by atoms with E-state index in [2.05, 4.69) is 5.32 Å². The molecule has 0 saturated heterocycles. The maximum absolute atomic E-state index is 12.8. The summed E-state index contributed by atoms with van der Waals surface area (Å²) in [5.74, 6) is -2.10. The van der Waals surface area contributed by atoms with Crippen molar-refractivity contribution in [1.29, 1.82) is 0 Å². The molecule has 0 saturated carbocycles. The van der Waals surface area contributed by atoms with Gasteiger partial charge in [0.25, 0.3) is 0 Å². The maximum Gasteiger partial charge on any atom is 0.240 e. The number of rotatable bonds is 4. The van der Waals surface area contributed by atoms with Crippen LogP contribution in [0.3, 0.4) is 0 Å². The Morgan fingerprint density at radius 2 is 1.73 bits per heavy atom. The van der Waals surface area contributed by atoms with Gasteiger partial charge in [-0.15, -0.1) is 0 Å². The Hall–Kier alpha value is -1.63. The fourth-order valence-corrected chi connectivity index (χ4v) is 3.27. The molecule has 0 unspecified atom stereocenters. The van der Waals surface area contributed by atoms with Gasteiger partial charge in [-0.25, -0.2) is 12.8 Å². The minimum absolute atomic E-state index is 0.133. The number of hydrogen-bond acceptors (Lipinski definition) is 3. The van der Waals surface area contributed by atoms with E-state index in [4.69, 9.17) is 23.2 Å². The van der Waals surface area contributed by atoms with Crippen LogP contribution in [0.15, 0.2) is 47.4 Å². The van der Waals surface area contributed by atoms with E-state index in [0.717, 1.165) is 24.3 Å². The summed E-state index contributed by atoms with van der Waals surface area (Å²) >= 11 is 11.6. The highest BCUT2D eigenvalue weighted by molar-refractivity contribution is 7.92. The second-order valence-electron chi connectivity index (χ2n) is 4.39. The highest BCUT2D eigenvalue weighted by atomic mass is 35.5. The van der Waals surface area contributed by atoms with Gasteiger partial charge in [-0.1, -0.05) is 23.2 Å². The third-order valence-corrected chi connectivity index (χ3v) is 4.88. The second kappa shape index (κ2) is 6.64. The van der Waals surface area contributed by atoms with Gasteiger partial charge in [0.1, 0.15) is 11.6 Å². The van der Waals surface area contributed by atoms with E-state index in [1.807, 2.05) is 0 Å². The molecule has 0 aromatic heterocycles. The van der Waals surface area contributed by atoms with Gasteiger partial charge in [0.05, 0.1) is 15.6 Å². The molecule has 0 aliphatic heterocycles. The van der Waals surface area contributed by atoms with Crippen LogP contribution in [0.1, 0.15) is 0 Å². The average molecular weight is 362 g/mol. The third-order valence-electron chi connectivity index (χ3n) is 2.70. The first-order chi connectivity index (χ1) is 10.3. The van der Waals surface area contributed by atoms with Crippen molar-refractivity contribution in [3.63, 3.8) is 0 Å². The lowest BCUT2D eigenvalue weighted by molar-refractivity contribution is -0.113. The summed E-state index contributed by atoms with van der Waals surface area (Å²) in [6.07, 6.45) is 0. The van der Waals surface area contributed by atoms with Gasteiger partial charge in [0.2, 0.25) is 5.91 Å². The first-order valence-corrected chi connectivity index (χ1v) is 8.42. The maximum atomic E-state index is 12.8. The Morgan fingerprint density at radius 1 is 1.09 bits per heavy atom. The quantitative estimate of drug-likeness (QED) is 0.847. The van der Waals surface area contributed by atoms with Crippen LogP contribution in [0, 0.1) is 5.82 Å². The number of carbonyl (C=O) groups is 1. The van der Waals surface area contributed by atoms with Crippen molar-refractivity contribution in [2.45, 2.75) is 4.90 Å². The standard InChI is InChI=1S/C14H10Cl2FNO3S/c15-9-1-6-13(12(16)7-9)18-14(19)8-22(20,21)11-4-2-10(17)3-5-11/h1-7H,8H2,(H,18,19). The highest BCUT2D eigenvalue weighted by Crippen LogP contribution is 2.25. The molecular weight excluding hydrogens is 352 g/mol. The van der Waals surface area contributed by atoms with Gasteiger partial charge in [-0.3, -0.25) is 4.79 Å². The van der Waals surface area contributed by atoms with Crippen LogP contribution >= 0.6 is 23.2 Å². The molecule has 1 N–H and O–H groups in total. The first-order valence-electron chi connectivity index (χ1n) is 6.01. The Bertz CT molecular complexity index is 807. The second-order valence-corrected chi connectivity index (χ2v) is 7.22. The zero-order valence-corrected chi connectivity index (χ0v) is 13.3. The van der Waals surface area contributed by atoms with Crippen molar-refractivity contribution >= 4 is 44.6 Å². The molecule has 0 spiro atoms. The van der Waals surface area contributed by atoms with E-state index in [-0.39, 0.29) is 15.6 Å². The zero-order chi connectivity index (χ0) is 16.3. The molecule has 4 nitrogen and oxygen atoms in total. The summed E-state index contributed by atoms with van der Waals surface area (Å²) in [6.45, 7) is 0. The molecule has 1 amide bonds. The van der Waals surface area contributed by atoms with Crippen LogP contribution in [0.25, 0.3) is 0 Å². The number of hydrogen-bond donors (Lipinski definition) is 1. The largest absolute Gasteiger partial charge is 0.324 e. The van der Waals surface area contributed by atoms with Crippen molar-refractivity contribution in [3.8, 4) is 0 Å². The van der Waals surface area contributed by atoms with E-state index in [1.54, 1.807) is 0 Å². The molecule has 22 heavy (non-hydrogen) atoms. The first kappa shape index (κ1) is 16.7. The minimum atomic E-state index is -3.87. The van der Waals surface area contributed by atoms with E-state index >= 15 is 0 Å². The third kappa shape index (κ3) is 4.19. The van der Waals surface area contributed by atoms with Crippen molar-refractivity contribution in [2.24, 2.45) is 0 Å². The van der Waals surface area contributed by atoms with Gasteiger partial charge in [-0.05, 0) is 42.5 Å².